The van der Waals surface area contributed by atoms with Gasteiger partial charge in [-0.2, -0.15) is 0 Å². The van der Waals surface area contributed by atoms with Crippen LogP contribution in [0.2, 0.25) is 0 Å². The molecule has 0 fully saturated rings. The third-order valence-corrected chi connectivity index (χ3v) is 2.19. The summed E-state index contributed by atoms with van der Waals surface area (Å²) in [7, 11) is 0. The van der Waals surface area contributed by atoms with E-state index >= 15 is 0 Å². The normalized spacial score (nSPS) is 13.8. The highest BCUT2D eigenvalue weighted by Crippen LogP contribution is 2.34. The molecule has 0 bridgehead atoms. The summed E-state index contributed by atoms with van der Waals surface area (Å²) in [5.74, 6) is -0.204. The van der Waals surface area contributed by atoms with Gasteiger partial charge in [0.2, 0.25) is 0 Å². The van der Waals surface area contributed by atoms with Crippen LogP contribution in [-0.4, -0.2) is 12.6 Å². The van der Waals surface area contributed by atoms with Crippen molar-refractivity contribution >= 4 is 5.97 Å². The predicted molar refractivity (Wildman–Crippen MR) is 68.2 cm³/mol. The van der Waals surface area contributed by atoms with Gasteiger partial charge in [-0.3, -0.25) is 0 Å². The van der Waals surface area contributed by atoms with Gasteiger partial charge in [0.25, 0.3) is 0 Å². The number of carbonyl (C=O) groups excluding carboxylic acids is 1. The summed E-state index contributed by atoms with van der Waals surface area (Å²) in [6, 6.07) is 0. The van der Waals surface area contributed by atoms with Crippen LogP contribution in [0, 0.1) is 10.8 Å². The molecule has 0 heterocycles. The minimum Gasteiger partial charge on any atom is -0.463 e. The minimum atomic E-state index is -0.204. The molecule has 0 spiro atoms. The van der Waals surface area contributed by atoms with Crippen LogP contribution in [-0.2, 0) is 9.53 Å². The minimum absolute atomic E-state index is 0.0229. The topological polar surface area (TPSA) is 26.3 Å². The first kappa shape index (κ1) is 15.2. The van der Waals surface area contributed by atoms with Gasteiger partial charge < -0.3 is 4.74 Å². The Balaban J connectivity index is 4.66. The van der Waals surface area contributed by atoms with E-state index in [4.69, 9.17) is 4.74 Å². The van der Waals surface area contributed by atoms with Crippen LogP contribution in [0.4, 0.5) is 0 Å². The number of esters is 1. The van der Waals surface area contributed by atoms with Gasteiger partial charge in [0.05, 0.1) is 6.61 Å². The van der Waals surface area contributed by atoms with Crippen molar-refractivity contribution in [2.24, 2.45) is 10.8 Å². The molecule has 0 rings (SSSR count). The monoisotopic (exact) mass is 226 g/mol. The Labute approximate surface area is 100 Å². The average Bonchev–Trinajstić information content (AvgIpc) is 1.98. The van der Waals surface area contributed by atoms with Crippen molar-refractivity contribution in [1.82, 2.24) is 0 Å². The van der Waals surface area contributed by atoms with Gasteiger partial charge in [-0.05, 0) is 31.1 Å². The Hall–Kier alpha value is -0.790. The van der Waals surface area contributed by atoms with Crippen LogP contribution >= 0.6 is 0 Å². The van der Waals surface area contributed by atoms with Crippen molar-refractivity contribution in [3.8, 4) is 0 Å². The Morgan fingerprint density at radius 2 is 1.69 bits per heavy atom. The SMILES string of the molecule is CCOC(=O)/C(C)=C/C(C)(C)CC(C)(C)C. The van der Waals surface area contributed by atoms with Gasteiger partial charge in [0.15, 0.2) is 0 Å². The molecule has 16 heavy (non-hydrogen) atoms. The Kier molecular flexibility index (Phi) is 5.24. The number of carbonyl (C=O) groups is 1. The summed E-state index contributed by atoms with van der Waals surface area (Å²) in [5, 5.41) is 0. The van der Waals surface area contributed by atoms with E-state index in [9.17, 15) is 4.79 Å². The van der Waals surface area contributed by atoms with E-state index in [1.165, 1.54) is 0 Å². The van der Waals surface area contributed by atoms with Gasteiger partial charge in [-0.25, -0.2) is 4.79 Å². The average molecular weight is 226 g/mol. The van der Waals surface area contributed by atoms with Crippen LogP contribution < -0.4 is 0 Å². The lowest BCUT2D eigenvalue weighted by Crippen LogP contribution is -2.20. The molecule has 0 saturated heterocycles. The van der Waals surface area contributed by atoms with E-state index in [0.717, 1.165) is 6.42 Å². The van der Waals surface area contributed by atoms with E-state index in [1.54, 1.807) is 0 Å². The second kappa shape index (κ2) is 5.51. The predicted octanol–water partition coefficient (Wildman–Crippen LogP) is 3.96. The zero-order valence-corrected chi connectivity index (χ0v) is 11.8. The summed E-state index contributed by atoms with van der Waals surface area (Å²) < 4.78 is 4.97. The molecule has 0 N–H and O–H groups in total. The number of hydrogen-bond acceptors (Lipinski definition) is 2. The van der Waals surface area contributed by atoms with Crippen LogP contribution in [0.3, 0.4) is 0 Å². The van der Waals surface area contributed by atoms with E-state index in [1.807, 2.05) is 19.9 Å². The lowest BCUT2D eigenvalue weighted by atomic mass is 9.75. The molecule has 2 nitrogen and oxygen atoms in total. The summed E-state index contributed by atoms with van der Waals surface area (Å²) in [5.41, 5.74) is 0.987. The maximum absolute atomic E-state index is 11.5. The van der Waals surface area contributed by atoms with Crippen LogP contribution in [0.25, 0.3) is 0 Å². The lowest BCUT2D eigenvalue weighted by Gasteiger charge is -2.30. The summed E-state index contributed by atoms with van der Waals surface area (Å²) in [6.07, 6.45) is 3.06. The first-order valence-electron chi connectivity index (χ1n) is 5.94. The maximum atomic E-state index is 11.5. The summed E-state index contributed by atoms with van der Waals surface area (Å²) >= 11 is 0. The molecule has 0 radical (unpaired) electrons. The quantitative estimate of drug-likeness (QED) is 0.536. The van der Waals surface area contributed by atoms with E-state index in [0.29, 0.717) is 12.2 Å². The smallest absolute Gasteiger partial charge is 0.333 e. The van der Waals surface area contributed by atoms with Crippen LogP contribution in [0.5, 0.6) is 0 Å². The highest BCUT2D eigenvalue weighted by Gasteiger charge is 2.24. The third kappa shape index (κ3) is 6.65. The van der Waals surface area contributed by atoms with Gasteiger partial charge in [-0.1, -0.05) is 40.7 Å². The Bertz CT molecular complexity index is 267. The summed E-state index contributed by atoms with van der Waals surface area (Å²) in [4.78, 5) is 11.5. The number of rotatable bonds is 4. The van der Waals surface area contributed by atoms with Gasteiger partial charge in [0, 0.05) is 5.57 Å². The zero-order valence-electron chi connectivity index (χ0n) is 11.8. The molecule has 0 aliphatic heterocycles. The van der Waals surface area contributed by atoms with Crippen molar-refractivity contribution in [2.45, 2.75) is 54.9 Å². The van der Waals surface area contributed by atoms with E-state index in [-0.39, 0.29) is 16.8 Å². The lowest BCUT2D eigenvalue weighted by molar-refractivity contribution is -0.138. The van der Waals surface area contributed by atoms with E-state index < -0.39 is 0 Å². The zero-order chi connectivity index (χ0) is 13.0. The standard InChI is InChI=1S/C14H26O2/c1-8-16-12(15)11(2)9-14(6,7)10-13(3,4)5/h9H,8,10H2,1-7H3/b11-9+. The Morgan fingerprint density at radius 3 is 2.06 bits per heavy atom. The first-order chi connectivity index (χ1) is 7.07. The van der Waals surface area contributed by atoms with Gasteiger partial charge in [-0.15, -0.1) is 0 Å². The van der Waals surface area contributed by atoms with Crippen molar-refractivity contribution in [3.63, 3.8) is 0 Å². The molecule has 0 aliphatic rings. The number of hydrogen-bond donors (Lipinski definition) is 0. The highest BCUT2D eigenvalue weighted by molar-refractivity contribution is 5.87. The highest BCUT2D eigenvalue weighted by atomic mass is 16.5. The second-order valence-electron chi connectivity index (χ2n) is 6.27. The van der Waals surface area contributed by atoms with Crippen molar-refractivity contribution in [3.05, 3.63) is 11.6 Å². The molecule has 0 aromatic heterocycles. The molecular formula is C14H26O2. The fourth-order valence-corrected chi connectivity index (χ4v) is 2.31. The molecule has 0 aromatic rings. The van der Waals surface area contributed by atoms with Gasteiger partial charge >= 0.3 is 5.97 Å². The fourth-order valence-electron chi connectivity index (χ4n) is 2.31. The molecular weight excluding hydrogens is 200 g/mol. The maximum Gasteiger partial charge on any atom is 0.333 e. The second-order valence-corrected chi connectivity index (χ2v) is 6.27. The molecule has 0 amide bonds. The number of allylic oxidation sites excluding steroid dienone is 1. The van der Waals surface area contributed by atoms with Crippen LogP contribution in [0.15, 0.2) is 11.6 Å². The number of ether oxygens (including phenoxy) is 1. The molecule has 0 aliphatic carbocycles. The fraction of sp³-hybridized carbons (Fsp3) is 0.786. The third-order valence-electron chi connectivity index (χ3n) is 2.19. The molecule has 0 aromatic carbocycles. The Morgan fingerprint density at radius 1 is 1.19 bits per heavy atom. The van der Waals surface area contributed by atoms with Crippen molar-refractivity contribution in [1.29, 1.82) is 0 Å². The molecule has 0 atom stereocenters. The van der Waals surface area contributed by atoms with Crippen LogP contribution in [0.1, 0.15) is 54.9 Å². The van der Waals surface area contributed by atoms with Gasteiger partial charge in [0.1, 0.15) is 0 Å². The molecule has 0 saturated carbocycles. The van der Waals surface area contributed by atoms with Crippen molar-refractivity contribution in [2.75, 3.05) is 6.61 Å². The molecule has 2 heteroatoms. The molecule has 0 unspecified atom stereocenters. The first-order valence-corrected chi connectivity index (χ1v) is 5.94. The largest absolute Gasteiger partial charge is 0.463 e. The summed E-state index contributed by atoms with van der Waals surface area (Å²) in [6.45, 7) is 15.0. The van der Waals surface area contributed by atoms with Crippen molar-refractivity contribution < 1.29 is 9.53 Å². The molecule has 94 valence electrons. The van der Waals surface area contributed by atoms with E-state index in [2.05, 4.69) is 34.6 Å².